The molecular weight excluding hydrogens is 497 g/mol. The van der Waals surface area contributed by atoms with Crippen LogP contribution in [-0.2, 0) is 26.2 Å². The predicted molar refractivity (Wildman–Crippen MR) is 136 cm³/mol. The second kappa shape index (κ2) is 11.4. The van der Waals surface area contributed by atoms with E-state index >= 15 is 0 Å². The third-order valence-corrected chi connectivity index (χ3v) is 7.46. The fraction of sp³-hybridized carbons (Fsp3) is 0.417. The van der Waals surface area contributed by atoms with E-state index in [9.17, 15) is 18.0 Å². The molecule has 0 unspecified atom stereocenters. The number of sulfonamides is 1. The van der Waals surface area contributed by atoms with E-state index in [0.29, 0.717) is 0 Å². The molecule has 2 aromatic carbocycles. The van der Waals surface area contributed by atoms with Gasteiger partial charge in [-0.1, -0.05) is 66.4 Å². The highest BCUT2D eigenvalue weighted by Gasteiger charge is 2.31. The van der Waals surface area contributed by atoms with Crippen molar-refractivity contribution < 1.29 is 18.0 Å². The number of carbonyl (C=O) groups is 2. The molecule has 1 saturated carbocycles. The average Bonchev–Trinajstić information content (AvgIpc) is 3.27. The van der Waals surface area contributed by atoms with Gasteiger partial charge in [-0.05, 0) is 43.5 Å². The summed E-state index contributed by atoms with van der Waals surface area (Å²) in [5.41, 5.74) is 1.00. The van der Waals surface area contributed by atoms with Crippen LogP contribution in [0.2, 0.25) is 10.0 Å². The molecule has 1 aliphatic rings. The minimum Gasteiger partial charge on any atom is -0.352 e. The maximum atomic E-state index is 13.5. The van der Waals surface area contributed by atoms with Gasteiger partial charge >= 0.3 is 0 Å². The van der Waals surface area contributed by atoms with Crippen molar-refractivity contribution in [2.45, 2.75) is 51.2 Å². The van der Waals surface area contributed by atoms with E-state index in [1.807, 2.05) is 30.3 Å². The van der Waals surface area contributed by atoms with Crippen molar-refractivity contribution in [3.8, 4) is 0 Å². The van der Waals surface area contributed by atoms with Gasteiger partial charge in [0, 0.05) is 22.6 Å². The highest BCUT2D eigenvalue weighted by atomic mass is 35.5. The minimum absolute atomic E-state index is 0.102. The molecular formula is C24H29Cl2N3O4S. The van der Waals surface area contributed by atoms with Crippen molar-refractivity contribution in [3.63, 3.8) is 0 Å². The molecule has 1 N–H and O–H groups in total. The average molecular weight is 526 g/mol. The highest BCUT2D eigenvalue weighted by Crippen LogP contribution is 2.27. The van der Waals surface area contributed by atoms with Crippen molar-refractivity contribution in [2.75, 3.05) is 17.1 Å². The second-order valence-corrected chi connectivity index (χ2v) is 11.4. The Labute approximate surface area is 211 Å². The van der Waals surface area contributed by atoms with Crippen molar-refractivity contribution in [2.24, 2.45) is 0 Å². The third kappa shape index (κ3) is 7.10. The van der Waals surface area contributed by atoms with Crippen LogP contribution in [0, 0.1) is 0 Å². The summed E-state index contributed by atoms with van der Waals surface area (Å²) in [6, 6.07) is 12.9. The molecule has 34 heavy (non-hydrogen) atoms. The molecule has 0 heterocycles. The molecule has 1 atom stereocenters. The zero-order chi connectivity index (χ0) is 24.9. The van der Waals surface area contributed by atoms with Gasteiger partial charge in [0.15, 0.2) is 0 Å². The van der Waals surface area contributed by atoms with Gasteiger partial charge in [-0.25, -0.2) is 8.42 Å². The van der Waals surface area contributed by atoms with Crippen LogP contribution >= 0.6 is 23.2 Å². The van der Waals surface area contributed by atoms with Gasteiger partial charge in [0.25, 0.3) is 0 Å². The third-order valence-electron chi connectivity index (χ3n) is 5.88. The Kier molecular flexibility index (Phi) is 8.84. The Morgan fingerprint density at radius 3 is 2.21 bits per heavy atom. The topological polar surface area (TPSA) is 86.8 Å². The van der Waals surface area contributed by atoms with E-state index in [0.717, 1.165) is 41.8 Å². The van der Waals surface area contributed by atoms with Crippen LogP contribution in [0.1, 0.15) is 38.2 Å². The summed E-state index contributed by atoms with van der Waals surface area (Å²) in [5.74, 6) is -0.771. The summed E-state index contributed by atoms with van der Waals surface area (Å²) < 4.78 is 26.1. The zero-order valence-electron chi connectivity index (χ0n) is 19.2. The van der Waals surface area contributed by atoms with Gasteiger partial charge in [0.2, 0.25) is 21.8 Å². The number of anilines is 1. The molecule has 1 fully saturated rings. The lowest BCUT2D eigenvalue weighted by molar-refractivity contribution is -0.139. The van der Waals surface area contributed by atoms with E-state index in [4.69, 9.17) is 23.2 Å². The van der Waals surface area contributed by atoms with Crippen LogP contribution < -0.4 is 9.62 Å². The molecule has 1 aliphatic carbocycles. The van der Waals surface area contributed by atoms with E-state index in [1.165, 1.54) is 23.1 Å². The highest BCUT2D eigenvalue weighted by molar-refractivity contribution is 7.92. The Morgan fingerprint density at radius 1 is 1.06 bits per heavy atom. The maximum absolute atomic E-state index is 13.5. The summed E-state index contributed by atoms with van der Waals surface area (Å²) >= 11 is 12.1. The molecule has 2 aromatic rings. The number of carbonyl (C=O) groups excluding carboxylic acids is 2. The first kappa shape index (κ1) is 26.3. The van der Waals surface area contributed by atoms with Gasteiger partial charge in [0.05, 0.1) is 11.9 Å². The van der Waals surface area contributed by atoms with Gasteiger partial charge in [-0.15, -0.1) is 0 Å². The standard InChI is InChI=1S/C24H29Cl2N3O4S/c1-17(24(31)27-21-10-6-7-11-21)28(15-18-8-4-3-5-9-18)23(30)16-29(34(2,32)33)22-13-19(25)12-20(26)14-22/h3-5,8-9,12-14,17,21H,6-7,10-11,15-16H2,1-2H3,(H,27,31)/t17-/m0/s1. The summed E-state index contributed by atoms with van der Waals surface area (Å²) in [4.78, 5) is 27.9. The van der Waals surface area contributed by atoms with Crippen molar-refractivity contribution in [1.82, 2.24) is 10.2 Å². The minimum atomic E-state index is -3.85. The number of halogens is 2. The fourth-order valence-electron chi connectivity index (χ4n) is 4.05. The first-order chi connectivity index (χ1) is 16.0. The quantitative estimate of drug-likeness (QED) is 0.530. The zero-order valence-corrected chi connectivity index (χ0v) is 21.5. The van der Waals surface area contributed by atoms with Gasteiger partial charge in [-0.3, -0.25) is 13.9 Å². The lowest BCUT2D eigenvalue weighted by Crippen LogP contribution is -2.52. The van der Waals surface area contributed by atoms with E-state index in [-0.39, 0.29) is 34.2 Å². The molecule has 2 amide bonds. The number of nitrogens with one attached hydrogen (secondary N) is 1. The SMILES string of the molecule is C[C@@H](C(=O)NC1CCCC1)N(Cc1ccccc1)C(=O)CN(c1cc(Cl)cc(Cl)c1)S(C)(=O)=O. The van der Waals surface area contributed by atoms with Crippen LogP contribution in [-0.4, -0.2) is 50.0 Å². The van der Waals surface area contributed by atoms with E-state index < -0.39 is 28.5 Å². The molecule has 7 nitrogen and oxygen atoms in total. The molecule has 0 aromatic heterocycles. The largest absolute Gasteiger partial charge is 0.352 e. The lowest BCUT2D eigenvalue weighted by Gasteiger charge is -2.32. The van der Waals surface area contributed by atoms with Crippen LogP contribution in [0.3, 0.4) is 0 Å². The molecule has 3 rings (SSSR count). The summed E-state index contributed by atoms with van der Waals surface area (Å²) in [7, 11) is -3.85. The van der Waals surface area contributed by atoms with E-state index in [2.05, 4.69) is 5.32 Å². The molecule has 0 bridgehead atoms. The Bertz CT molecular complexity index is 1100. The van der Waals surface area contributed by atoms with Crippen LogP contribution in [0.4, 0.5) is 5.69 Å². The van der Waals surface area contributed by atoms with Crippen LogP contribution in [0.15, 0.2) is 48.5 Å². The summed E-state index contributed by atoms with van der Waals surface area (Å²) in [6.07, 6.45) is 4.98. The summed E-state index contributed by atoms with van der Waals surface area (Å²) in [6.45, 7) is 1.32. The van der Waals surface area contributed by atoms with Crippen LogP contribution in [0.5, 0.6) is 0 Å². The van der Waals surface area contributed by atoms with Crippen LogP contribution in [0.25, 0.3) is 0 Å². The number of rotatable bonds is 9. The first-order valence-electron chi connectivity index (χ1n) is 11.1. The number of hydrogen-bond acceptors (Lipinski definition) is 4. The Morgan fingerprint density at radius 2 is 1.65 bits per heavy atom. The normalized spacial score (nSPS) is 15.1. The molecule has 0 aliphatic heterocycles. The molecule has 184 valence electrons. The van der Waals surface area contributed by atoms with Gasteiger partial charge < -0.3 is 10.2 Å². The Balaban J connectivity index is 1.88. The molecule has 10 heteroatoms. The molecule has 0 saturated heterocycles. The monoisotopic (exact) mass is 525 g/mol. The van der Waals surface area contributed by atoms with E-state index in [1.54, 1.807) is 6.92 Å². The lowest BCUT2D eigenvalue weighted by atomic mass is 10.1. The van der Waals surface area contributed by atoms with Crippen molar-refractivity contribution >= 4 is 50.7 Å². The summed E-state index contributed by atoms with van der Waals surface area (Å²) in [5, 5.41) is 3.52. The number of nitrogens with zero attached hydrogens (tertiary/aromatic N) is 2. The fourth-order valence-corrected chi connectivity index (χ4v) is 5.40. The van der Waals surface area contributed by atoms with Crippen molar-refractivity contribution in [1.29, 1.82) is 0 Å². The maximum Gasteiger partial charge on any atom is 0.244 e. The molecule has 0 spiro atoms. The Hall–Kier alpha value is -2.29. The predicted octanol–water partition coefficient (Wildman–Crippen LogP) is 4.24. The molecule has 0 radical (unpaired) electrons. The van der Waals surface area contributed by atoms with Gasteiger partial charge in [-0.2, -0.15) is 0 Å². The van der Waals surface area contributed by atoms with Crippen molar-refractivity contribution in [3.05, 3.63) is 64.1 Å². The van der Waals surface area contributed by atoms with Gasteiger partial charge in [0.1, 0.15) is 12.6 Å². The smallest absolute Gasteiger partial charge is 0.244 e. The number of hydrogen-bond donors (Lipinski definition) is 1. The number of amides is 2. The second-order valence-electron chi connectivity index (χ2n) is 8.57. The number of benzene rings is 2. The first-order valence-corrected chi connectivity index (χ1v) is 13.7.